The molecule has 0 atom stereocenters. The van der Waals surface area contributed by atoms with Crippen LogP contribution in [0.5, 0.6) is 0 Å². The number of hydrogen-bond acceptors (Lipinski definition) is 4. The Morgan fingerprint density at radius 2 is 1.69 bits per heavy atom. The third-order valence-electron chi connectivity index (χ3n) is 4.99. The summed E-state index contributed by atoms with van der Waals surface area (Å²) in [6.07, 6.45) is 0.320. The molecule has 0 unspecified atom stereocenters. The summed E-state index contributed by atoms with van der Waals surface area (Å²) < 4.78 is 0. The van der Waals surface area contributed by atoms with Gasteiger partial charge in [-0.2, -0.15) is 5.10 Å². The van der Waals surface area contributed by atoms with Crippen LogP contribution in [0, 0.1) is 13.8 Å². The molecule has 0 spiro atoms. The van der Waals surface area contributed by atoms with E-state index in [1.54, 1.807) is 0 Å². The van der Waals surface area contributed by atoms with Gasteiger partial charge in [-0.3, -0.25) is 14.9 Å². The van der Waals surface area contributed by atoms with Crippen molar-refractivity contribution in [2.75, 3.05) is 0 Å². The fourth-order valence-electron chi connectivity index (χ4n) is 3.71. The van der Waals surface area contributed by atoms with Crippen LogP contribution >= 0.6 is 0 Å². The lowest BCUT2D eigenvalue weighted by atomic mass is 10.1. The number of rotatable bonds is 4. The zero-order valence-corrected chi connectivity index (χ0v) is 16.2. The molecule has 0 saturated carbocycles. The van der Waals surface area contributed by atoms with Crippen LogP contribution in [-0.2, 0) is 6.42 Å². The maximum atomic E-state index is 12.7. The zero-order chi connectivity index (χ0) is 20.0. The fourth-order valence-corrected chi connectivity index (χ4v) is 3.71. The second-order valence-corrected chi connectivity index (χ2v) is 7.30. The van der Waals surface area contributed by atoms with Crippen molar-refractivity contribution < 1.29 is 4.79 Å². The molecule has 5 rings (SSSR count). The first-order valence-corrected chi connectivity index (χ1v) is 9.47. The monoisotopic (exact) mass is 381 g/mol. The van der Waals surface area contributed by atoms with E-state index in [0.29, 0.717) is 12.2 Å². The Labute approximate surface area is 167 Å². The van der Waals surface area contributed by atoms with E-state index >= 15 is 0 Å². The third kappa shape index (κ3) is 3.18. The Hall–Kier alpha value is -3.80. The van der Waals surface area contributed by atoms with Gasteiger partial charge in [-0.25, -0.2) is 4.98 Å². The topological polar surface area (TPSA) is 87.3 Å². The number of imidazole rings is 1. The van der Waals surface area contributed by atoms with E-state index in [1.807, 2.05) is 68.4 Å². The predicted molar refractivity (Wildman–Crippen MR) is 113 cm³/mol. The molecule has 3 aromatic heterocycles. The van der Waals surface area contributed by atoms with E-state index in [0.717, 1.165) is 50.1 Å². The van der Waals surface area contributed by atoms with Crippen molar-refractivity contribution in [2.24, 2.45) is 0 Å². The number of hydrogen-bond donors (Lipinski definition) is 2. The molecule has 6 heteroatoms. The molecular weight excluding hydrogens is 362 g/mol. The highest BCUT2D eigenvalue weighted by molar-refractivity contribution is 6.03. The van der Waals surface area contributed by atoms with Gasteiger partial charge in [-0.05, 0) is 43.7 Å². The number of aryl methyl sites for hydroxylation is 2. The zero-order valence-electron chi connectivity index (χ0n) is 16.2. The Morgan fingerprint density at radius 3 is 2.45 bits per heavy atom. The largest absolute Gasteiger partial charge is 0.335 e. The first-order valence-electron chi connectivity index (χ1n) is 9.47. The van der Waals surface area contributed by atoms with Crippen LogP contribution in [0.2, 0.25) is 0 Å². The van der Waals surface area contributed by atoms with Crippen molar-refractivity contribution in [2.45, 2.75) is 20.3 Å². The van der Waals surface area contributed by atoms with Crippen LogP contribution in [0.15, 0.2) is 54.6 Å². The summed E-state index contributed by atoms with van der Waals surface area (Å²) in [5, 5.41) is 8.56. The number of H-pyrrole nitrogens is 2. The van der Waals surface area contributed by atoms with E-state index in [4.69, 9.17) is 0 Å². The van der Waals surface area contributed by atoms with Crippen LogP contribution in [0.25, 0.3) is 33.2 Å². The molecule has 0 saturated heterocycles. The Balaban J connectivity index is 1.56. The van der Waals surface area contributed by atoms with Gasteiger partial charge in [-0.1, -0.05) is 30.3 Å². The molecule has 2 aromatic carbocycles. The van der Waals surface area contributed by atoms with Gasteiger partial charge in [0.25, 0.3) is 0 Å². The molecule has 0 aliphatic heterocycles. The van der Waals surface area contributed by atoms with E-state index in [9.17, 15) is 4.79 Å². The van der Waals surface area contributed by atoms with Gasteiger partial charge < -0.3 is 4.98 Å². The van der Waals surface area contributed by atoms with Crippen LogP contribution in [-0.4, -0.2) is 30.9 Å². The quantitative estimate of drug-likeness (QED) is 0.447. The van der Waals surface area contributed by atoms with Gasteiger partial charge in [-0.15, -0.1) is 0 Å². The molecule has 2 N–H and O–H groups in total. The number of ketones is 1. The minimum Gasteiger partial charge on any atom is -0.335 e. The standard InChI is InChI=1S/C23H19N5O/c1-13-8-16(9-14(2)24-13)22-17-11-19-20(12-18(17)27-28-22)26-23(25-19)21(29)10-15-6-4-3-5-7-15/h3-9,11-12H,10H2,1-2H3,(H,25,26)(H,27,28). The molecule has 0 aliphatic rings. The Kier molecular flexibility index (Phi) is 3.98. The van der Waals surface area contributed by atoms with Crippen LogP contribution in [0.3, 0.4) is 0 Å². The molecular formula is C23H19N5O. The molecule has 29 heavy (non-hydrogen) atoms. The van der Waals surface area contributed by atoms with Crippen LogP contribution in [0.1, 0.15) is 27.6 Å². The average molecular weight is 381 g/mol. The highest BCUT2D eigenvalue weighted by atomic mass is 16.1. The van der Waals surface area contributed by atoms with Crippen molar-refractivity contribution in [1.29, 1.82) is 0 Å². The fraction of sp³-hybridized carbons (Fsp3) is 0.130. The SMILES string of the molecule is Cc1cc(-c2n[nH]c3cc4[nH]c(C(=O)Cc5ccccc5)nc4cc23)cc(C)n1. The summed E-state index contributed by atoms with van der Waals surface area (Å²) in [4.78, 5) is 24.8. The Morgan fingerprint density at radius 1 is 0.931 bits per heavy atom. The van der Waals surface area contributed by atoms with E-state index in [1.165, 1.54) is 0 Å². The highest BCUT2D eigenvalue weighted by Gasteiger charge is 2.16. The molecule has 0 bridgehead atoms. The maximum Gasteiger partial charge on any atom is 0.202 e. The lowest BCUT2D eigenvalue weighted by molar-refractivity contribution is 0.0984. The van der Waals surface area contributed by atoms with E-state index < -0.39 is 0 Å². The van der Waals surface area contributed by atoms with Crippen molar-refractivity contribution in [1.82, 2.24) is 25.1 Å². The number of nitrogens with one attached hydrogen (secondary N) is 2. The van der Waals surface area contributed by atoms with Gasteiger partial charge in [0.2, 0.25) is 5.78 Å². The predicted octanol–water partition coefficient (Wildman–Crippen LogP) is 4.54. The summed E-state index contributed by atoms with van der Waals surface area (Å²) in [6, 6.07) is 17.7. The van der Waals surface area contributed by atoms with Crippen LogP contribution < -0.4 is 0 Å². The number of pyridine rings is 1. The summed E-state index contributed by atoms with van der Waals surface area (Å²) in [5.74, 6) is 0.344. The third-order valence-corrected chi connectivity index (χ3v) is 4.99. The van der Waals surface area contributed by atoms with E-state index in [2.05, 4.69) is 25.1 Å². The van der Waals surface area contributed by atoms with Crippen molar-refractivity contribution in [3.8, 4) is 11.3 Å². The second-order valence-electron chi connectivity index (χ2n) is 7.30. The van der Waals surface area contributed by atoms with E-state index in [-0.39, 0.29) is 5.78 Å². The number of aromatic amines is 2. The Bertz CT molecular complexity index is 1340. The van der Waals surface area contributed by atoms with Gasteiger partial charge in [0.05, 0.1) is 16.6 Å². The molecule has 0 aliphatic carbocycles. The molecule has 5 aromatic rings. The van der Waals surface area contributed by atoms with Crippen molar-refractivity contribution >= 4 is 27.7 Å². The first-order chi connectivity index (χ1) is 14.1. The van der Waals surface area contributed by atoms with Crippen molar-refractivity contribution in [3.63, 3.8) is 0 Å². The number of carbonyl (C=O) groups excluding carboxylic acids is 1. The summed E-state index contributed by atoms with van der Waals surface area (Å²) in [6.45, 7) is 3.95. The molecule has 142 valence electrons. The molecule has 0 amide bonds. The number of carbonyl (C=O) groups is 1. The maximum absolute atomic E-state index is 12.7. The summed E-state index contributed by atoms with van der Waals surface area (Å²) in [5.41, 5.74) is 7.19. The van der Waals surface area contributed by atoms with Gasteiger partial charge in [0.1, 0.15) is 5.69 Å². The summed E-state index contributed by atoms with van der Waals surface area (Å²) >= 11 is 0. The molecule has 0 radical (unpaired) electrons. The number of aromatic nitrogens is 5. The van der Waals surface area contributed by atoms with Gasteiger partial charge in [0.15, 0.2) is 5.82 Å². The van der Waals surface area contributed by atoms with Crippen LogP contribution in [0.4, 0.5) is 0 Å². The van der Waals surface area contributed by atoms with Gasteiger partial charge in [0, 0.05) is 28.8 Å². The molecule has 6 nitrogen and oxygen atoms in total. The lowest BCUT2D eigenvalue weighted by Gasteiger charge is -2.02. The van der Waals surface area contributed by atoms with Crippen molar-refractivity contribution in [3.05, 3.63) is 77.4 Å². The summed E-state index contributed by atoms with van der Waals surface area (Å²) in [7, 11) is 0. The minimum atomic E-state index is -0.0326. The number of nitrogens with zero attached hydrogens (tertiary/aromatic N) is 3. The number of benzene rings is 2. The normalized spacial score (nSPS) is 11.4. The number of fused-ring (bicyclic) bond motifs is 2. The first kappa shape index (κ1) is 17.3. The average Bonchev–Trinajstić information content (AvgIpc) is 3.29. The smallest absolute Gasteiger partial charge is 0.202 e. The second kappa shape index (κ2) is 6.67. The molecule has 3 heterocycles. The molecule has 0 fully saturated rings. The highest BCUT2D eigenvalue weighted by Crippen LogP contribution is 2.30. The lowest BCUT2D eigenvalue weighted by Crippen LogP contribution is -2.05. The minimum absolute atomic E-state index is 0.0326. The number of Topliss-reactive ketones (excluding diaryl/α,β-unsaturated/α-hetero) is 1. The van der Waals surface area contributed by atoms with Gasteiger partial charge >= 0.3 is 0 Å².